The number of hydrogen-bond acceptors (Lipinski definition) is 5. The molecule has 4 N–H and O–H groups in total. The van der Waals surface area contributed by atoms with E-state index in [0.717, 1.165) is 0 Å². The van der Waals surface area contributed by atoms with Crippen LogP contribution in [0.25, 0.3) is 0 Å². The zero-order chi connectivity index (χ0) is 13.0. The molecule has 1 amide bonds. The molecule has 0 spiro atoms. The maximum atomic E-state index is 12.0. The minimum absolute atomic E-state index is 0.0454. The van der Waals surface area contributed by atoms with Gasteiger partial charge in [0.05, 0.1) is 6.54 Å². The molecule has 1 aliphatic rings. The van der Waals surface area contributed by atoms with Crippen molar-refractivity contribution in [1.82, 2.24) is 20.0 Å². The summed E-state index contributed by atoms with van der Waals surface area (Å²) in [6.45, 7) is 3.07. The van der Waals surface area contributed by atoms with Crippen LogP contribution in [0.5, 0.6) is 0 Å². The average molecular weight is 252 g/mol. The third-order valence-corrected chi connectivity index (χ3v) is 2.90. The molecule has 1 saturated heterocycles. The first-order valence-electron chi connectivity index (χ1n) is 5.68. The van der Waals surface area contributed by atoms with Crippen LogP contribution in [0.4, 0.5) is 0 Å². The number of oxime groups is 1. The summed E-state index contributed by atoms with van der Waals surface area (Å²) in [7, 11) is 0. The molecule has 0 bridgehead atoms. The highest BCUT2D eigenvalue weighted by molar-refractivity contribution is 5.92. The Morgan fingerprint density at radius 3 is 2.78 bits per heavy atom. The van der Waals surface area contributed by atoms with Crippen LogP contribution in [-0.2, 0) is 0 Å². The summed E-state index contributed by atoms with van der Waals surface area (Å²) in [6, 6.07) is 1.66. The van der Waals surface area contributed by atoms with Crippen molar-refractivity contribution < 1.29 is 10.0 Å². The van der Waals surface area contributed by atoms with Gasteiger partial charge in [-0.2, -0.15) is 5.10 Å². The van der Waals surface area contributed by atoms with Gasteiger partial charge in [0.2, 0.25) is 0 Å². The van der Waals surface area contributed by atoms with E-state index in [-0.39, 0.29) is 11.7 Å². The highest BCUT2D eigenvalue weighted by atomic mass is 16.4. The third kappa shape index (κ3) is 2.77. The Kier molecular flexibility index (Phi) is 3.78. The summed E-state index contributed by atoms with van der Waals surface area (Å²) in [5, 5.41) is 17.8. The molecule has 0 aliphatic carbocycles. The number of nitrogens with one attached hydrogen (secondary N) is 1. The molecule has 2 heterocycles. The van der Waals surface area contributed by atoms with E-state index in [1.54, 1.807) is 17.2 Å². The Balaban J connectivity index is 1.85. The molecular weight excluding hydrogens is 236 g/mol. The van der Waals surface area contributed by atoms with E-state index in [0.29, 0.717) is 38.4 Å². The van der Waals surface area contributed by atoms with Gasteiger partial charge in [0.1, 0.15) is 5.69 Å². The van der Waals surface area contributed by atoms with Gasteiger partial charge in [-0.1, -0.05) is 5.16 Å². The van der Waals surface area contributed by atoms with Crippen molar-refractivity contribution in [3.05, 3.63) is 18.0 Å². The molecule has 18 heavy (non-hydrogen) atoms. The topological polar surface area (TPSA) is 111 Å². The van der Waals surface area contributed by atoms with Crippen LogP contribution in [-0.4, -0.2) is 69.7 Å². The Morgan fingerprint density at radius 2 is 2.22 bits per heavy atom. The Bertz CT molecular complexity index is 422. The van der Waals surface area contributed by atoms with Gasteiger partial charge in [-0.25, -0.2) is 0 Å². The SMILES string of the molecule is NC(CN1CCN(C(=O)c2ccn[nH]2)CC1)=NO. The van der Waals surface area contributed by atoms with Crippen LogP contribution in [0.1, 0.15) is 10.5 Å². The molecule has 8 heteroatoms. The molecule has 0 unspecified atom stereocenters. The second-order valence-corrected chi connectivity index (χ2v) is 4.13. The van der Waals surface area contributed by atoms with Crippen molar-refractivity contribution in [1.29, 1.82) is 0 Å². The second-order valence-electron chi connectivity index (χ2n) is 4.13. The van der Waals surface area contributed by atoms with E-state index in [9.17, 15) is 4.79 Å². The second kappa shape index (κ2) is 5.50. The van der Waals surface area contributed by atoms with Gasteiger partial charge in [0, 0.05) is 32.4 Å². The Hall–Kier alpha value is -2.09. The molecule has 0 atom stereocenters. The van der Waals surface area contributed by atoms with Gasteiger partial charge in [0.25, 0.3) is 5.91 Å². The summed E-state index contributed by atoms with van der Waals surface area (Å²) in [4.78, 5) is 15.8. The zero-order valence-electron chi connectivity index (χ0n) is 9.91. The quantitative estimate of drug-likeness (QED) is 0.274. The number of piperazine rings is 1. The van der Waals surface area contributed by atoms with Crippen LogP contribution in [0.15, 0.2) is 17.4 Å². The number of aromatic nitrogens is 2. The smallest absolute Gasteiger partial charge is 0.271 e. The lowest BCUT2D eigenvalue weighted by atomic mass is 10.2. The monoisotopic (exact) mass is 252 g/mol. The number of hydrogen-bond donors (Lipinski definition) is 3. The first-order valence-corrected chi connectivity index (χ1v) is 5.68. The normalized spacial score (nSPS) is 18.0. The summed E-state index contributed by atoms with van der Waals surface area (Å²) in [6.07, 6.45) is 1.56. The fourth-order valence-corrected chi connectivity index (χ4v) is 1.92. The molecular formula is C10H16N6O2. The van der Waals surface area contributed by atoms with E-state index in [1.165, 1.54) is 0 Å². The molecule has 0 radical (unpaired) electrons. The number of aromatic amines is 1. The lowest BCUT2D eigenvalue weighted by molar-refractivity contribution is 0.0647. The lowest BCUT2D eigenvalue weighted by Gasteiger charge is -2.34. The van der Waals surface area contributed by atoms with Crippen molar-refractivity contribution in [3.8, 4) is 0 Å². The fourth-order valence-electron chi connectivity index (χ4n) is 1.92. The number of amidine groups is 1. The largest absolute Gasteiger partial charge is 0.409 e. The lowest BCUT2D eigenvalue weighted by Crippen LogP contribution is -2.50. The molecule has 1 aromatic heterocycles. The minimum Gasteiger partial charge on any atom is -0.409 e. The number of amides is 1. The summed E-state index contributed by atoms with van der Waals surface area (Å²) < 4.78 is 0. The zero-order valence-corrected chi connectivity index (χ0v) is 9.91. The van der Waals surface area contributed by atoms with E-state index < -0.39 is 0 Å². The average Bonchev–Trinajstić information content (AvgIpc) is 2.92. The Labute approximate surface area is 104 Å². The van der Waals surface area contributed by atoms with Gasteiger partial charge in [-0.05, 0) is 6.07 Å². The predicted octanol–water partition coefficient (Wildman–Crippen LogP) is -1.09. The number of rotatable bonds is 3. The van der Waals surface area contributed by atoms with Gasteiger partial charge < -0.3 is 15.8 Å². The summed E-state index contributed by atoms with van der Waals surface area (Å²) in [5.74, 6) is 0.138. The fraction of sp³-hybridized carbons (Fsp3) is 0.500. The maximum absolute atomic E-state index is 12.0. The molecule has 0 aromatic carbocycles. The van der Waals surface area contributed by atoms with Gasteiger partial charge in [-0.3, -0.25) is 14.8 Å². The van der Waals surface area contributed by atoms with Crippen molar-refractivity contribution in [2.75, 3.05) is 32.7 Å². The predicted molar refractivity (Wildman–Crippen MR) is 64.3 cm³/mol. The molecule has 0 saturated carbocycles. The van der Waals surface area contributed by atoms with E-state index in [2.05, 4.69) is 15.4 Å². The highest BCUT2D eigenvalue weighted by Gasteiger charge is 2.23. The summed E-state index contributed by atoms with van der Waals surface area (Å²) >= 11 is 0. The molecule has 1 aliphatic heterocycles. The molecule has 98 valence electrons. The van der Waals surface area contributed by atoms with Gasteiger partial charge in [-0.15, -0.1) is 0 Å². The first kappa shape index (κ1) is 12.4. The number of carbonyl (C=O) groups excluding carboxylic acids is 1. The highest BCUT2D eigenvalue weighted by Crippen LogP contribution is 2.06. The molecule has 1 fully saturated rings. The minimum atomic E-state index is -0.0454. The van der Waals surface area contributed by atoms with E-state index in [1.807, 2.05) is 4.90 Å². The number of H-pyrrole nitrogens is 1. The van der Waals surface area contributed by atoms with Crippen molar-refractivity contribution in [2.24, 2.45) is 10.9 Å². The number of nitrogens with two attached hydrogens (primary N) is 1. The third-order valence-electron chi connectivity index (χ3n) is 2.90. The Morgan fingerprint density at radius 1 is 1.50 bits per heavy atom. The van der Waals surface area contributed by atoms with Crippen LogP contribution in [0, 0.1) is 0 Å². The van der Waals surface area contributed by atoms with E-state index >= 15 is 0 Å². The van der Waals surface area contributed by atoms with Crippen LogP contribution >= 0.6 is 0 Å². The number of carbonyl (C=O) groups is 1. The standard InChI is InChI=1S/C10H16N6O2/c11-9(14-18)7-15-3-5-16(6-4-15)10(17)8-1-2-12-13-8/h1-2,18H,3-7H2,(H2,11,14)(H,12,13). The van der Waals surface area contributed by atoms with Crippen LogP contribution in [0.3, 0.4) is 0 Å². The maximum Gasteiger partial charge on any atom is 0.271 e. The number of nitrogens with zero attached hydrogens (tertiary/aromatic N) is 4. The molecule has 8 nitrogen and oxygen atoms in total. The molecule has 1 aromatic rings. The van der Waals surface area contributed by atoms with Crippen molar-refractivity contribution in [3.63, 3.8) is 0 Å². The van der Waals surface area contributed by atoms with Crippen LogP contribution < -0.4 is 5.73 Å². The van der Waals surface area contributed by atoms with Crippen molar-refractivity contribution >= 4 is 11.7 Å². The van der Waals surface area contributed by atoms with Crippen LogP contribution in [0.2, 0.25) is 0 Å². The van der Waals surface area contributed by atoms with Gasteiger partial charge >= 0.3 is 0 Å². The van der Waals surface area contributed by atoms with E-state index in [4.69, 9.17) is 10.9 Å². The van der Waals surface area contributed by atoms with Crippen molar-refractivity contribution in [2.45, 2.75) is 0 Å². The summed E-state index contributed by atoms with van der Waals surface area (Å²) in [5.41, 5.74) is 5.94. The first-order chi connectivity index (χ1) is 8.70. The van der Waals surface area contributed by atoms with Gasteiger partial charge in [0.15, 0.2) is 5.84 Å². The molecule has 2 rings (SSSR count).